The van der Waals surface area contributed by atoms with Crippen molar-refractivity contribution in [2.45, 2.75) is 20.0 Å². The Labute approximate surface area is 87.6 Å². The highest BCUT2D eigenvalue weighted by molar-refractivity contribution is 5.93. The van der Waals surface area contributed by atoms with E-state index in [0.717, 1.165) is 0 Å². The lowest BCUT2D eigenvalue weighted by Gasteiger charge is -2.02. The van der Waals surface area contributed by atoms with Crippen LogP contribution in [-0.2, 0) is 0 Å². The van der Waals surface area contributed by atoms with Gasteiger partial charge in [-0.2, -0.15) is 0 Å². The summed E-state index contributed by atoms with van der Waals surface area (Å²) in [4.78, 5) is 15.2. The van der Waals surface area contributed by atoms with Crippen molar-refractivity contribution >= 4 is 5.91 Å². The molecular formula is C9H14N2O4. The van der Waals surface area contributed by atoms with E-state index in [2.05, 4.69) is 10.3 Å². The van der Waals surface area contributed by atoms with E-state index in [4.69, 9.17) is 13.9 Å². The molecule has 0 saturated carbocycles. The first-order chi connectivity index (χ1) is 7.08. The number of amides is 1. The van der Waals surface area contributed by atoms with Crippen LogP contribution in [0.4, 0.5) is 0 Å². The van der Waals surface area contributed by atoms with Gasteiger partial charge in [0.2, 0.25) is 0 Å². The maximum Gasteiger partial charge on any atom is 0.398 e. The van der Waals surface area contributed by atoms with Gasteiger partial charge < -0.3 is 19.2 Å². The van der Waals surface area contributed by atoms with Crippen LogP contribution in [0, 0.1) is 0 Å². The second-order valence-electron chi connectivity index (χ2n) is 3.06. The lowest BCUT2D eigenvalue weighted by molar-refractivity contribution is 0.0916. The van der Waals surface area contributed by atoms with Crippen molar-refractivity contribution in [1.82, 2.24) is 10.3 Å². The average molecular weight is 214 g/mol. The van der Waals surface area contributed by atoms with Crippen LogP contribution in [0.25, 0.3) is 0 Å². The van der Waals surface area contributed by atoms with Gasteiger partial charge in [-0.15, -0.1) is 4.98 Å². The van der Waals surface area contributed by atoms with Crippen molar-refractivity contribution in [3.05, 3.63) is 5.76 Å². The molecule has 84 valence electrons. The first-order valence-corrected chi connectivity index (χ1v) is 4.52. The quantitative estimate of drug-likeness (QED) is 0.803. The van der Waals surface area contributed by atoms with Crippen molar-refractivity contribution < 1.29 is 18.7 Å². The normalized spacial score (nSPS) is 10.2. The molecule has 6 heteroatoms. The van der Waals surface area contributed by atoms with Crippen molar-refractivity contribution in [1.29, 1.82) is 0 Å². The van der Waals surface area contributed by atoms with Gasteiger partial charge in [-0.3, -0.25) is 4.79 Å². The number of nitrogens with zero attached hydrogens (tertiary/aromatic N) is 1. The lowest BCUT2D eigenvalue weighted by Crippen LogP contribution is -2.17. The van der Waals surface area contributed by atoms with Gasteiger partial charge in [0, 0.05) is 7.05 Å². The summed E-state index contributed by atoms with van der Waals surface area (Å²) in [6.07, 6.45) is -0.0497. The fourth-order valence-corrected chi connectivity index (χ4v) is 0.935. The highest BCUT2D eigenvalue weighted by Gasteiger charge is 2.21. The SMILES string of the molecule is CNC(=O)c1oc(OC(C)C)nc1OC. The first kappa shape index (κ1) is 11.4. The molecule has 0 aliphatic rings. The summed E-state index contributed by atoms with van der Waals surface area (Å²) in [5, 5.41) is 2.41. The molecule has 1 rings (SSSR count). The number of methoxy groups -OCH3 is 1. The molecule has 1 amide bonds. The van der Waals surface area contributed by atoms with Crippen LogP contribution in [0.1, 0.15) is 24.4 Å². The Bertz CT molecular complexity index is 346. The number of hydrogen-bond donors (Lipinski definition) is 1. The topological polar surface area (TPSA) is 73.6 Å². The van der Waals surface area contributed by atoms with Crippen molar-refractivity contribution in [2.24, 2.45) is 0 Å². The van der Waals surface area contributed by atoms with Crippen LogP contribution < -0.4 is 14.8 Å². The van der Waals surface area contributed by atoms with Crippen LogP contribution in [0.15, 0.2) is 4.42 Å². The zero-order valence-electron chi connectivity index (χ0n) is 9.16. The van der Waals surface area contributed by atoms with Crippen LogP contribution >= 0.6 is 0 Å². The molecule has 1 aromatic heterocycles. The number of aromatic nitrogens is 1. The Morgan fingerprint density at radius 1 is 1.53 bits per heavy atom. The van der Waals surface area contributed by atoms with Crippen LogP contribution in [0.5, 0.6) is 12.0 Å². The van der Waals surface area contributed by atoms with Gasteiger partial charge in [0.25, 0.3) is 17.5 Å². The molecule has 6 nitrogen and oxygen atoms in total. The van der Waals surface area contributed by atoms with E-state index in [0.29, 0.717) is 0 Å². The standard InChI is InChI=1S/C9H14N2O4/c1-5(2)14-9-11-8(13-4)6(15-9)7(12)10-3/h5H,1-4H3,(H,10,12). The molecule has 1 N–H and O–H groups in total. The molecule has 0 unspecified atom stereocenters. The Morgan fingerprint density at radius 3 is 2.67 bits per heavy atom. The third kappa shape index (κ3) is 2.61. The third-order valence-electron chi connectivity index (χ3n) is 1.54. The minimum Gasteiger partial charge on any atom is -0.478 e. The highest BCUT2D eigenvalue weighted by atomic mass is 16.6. The first-order valence-electron chi connectivity index (χ1n) is 4.52. The molecule has 0 aromatic carbocycles. The molecule has 15 heavy (non-hydrogen) atoms. The summed E-state index contributed by atoms with van der Waals surface area (Å²) in [6.45, 7) is 3.66. The summed E-state index contributed by atoms with van der Waals surface area (Å²) < 4.78 is 15.2. The van der Waals surface area contributed by atoms with Gasteiger partial charge in [-0.05, 0) is 13.8 Å². The number of carbonyl (C=O) groups excluding carboxylic acids is 1. The van der Waals surface area contributed by atoms with Crippen molar-refractivity contribution in [3.8, 4) is 12.0 Å². The van der Waals surface area contributed by atoms with E-state index >= 15 is 0 Å². The zero-order valence-corrected chi connectivity index (χ0v) is 9.16. The molecule has 0 saturated heterocycles. The Morgan fingerprint density at radius 2 is 2.20 bits per heavy atom. The average Bonchev–Trinajstić information content (AvgIpc) is 2.58. The van der Waals surface area contributed by atoms with Gasteiger partial charge in [0.05, 0.1) is 13.2 Å². The number of rotatable bonds is 4. The number of ether oxygens (including phenoxy) is 2. The monoisotopic (exact) mass is 214 g/mol. The molecule has 1 heterocycles. The van der Waals surface area contributed by atoms with Gasteiger partial charge in [0.15, 0.2) is 0 Å². The second-order valence-corrected chi connectivity index (χ2v) is 3.06. The van der Waals surface area contributed by atoms with E-state index in [1.54, 1.807) is 0 Å². The highest BCUT2D eigenvalue weighted by Crippen LogP contribution is 2.24. The number of carbonyl (C=O) groups is 1. The molecule has 0 fully saturated rings. The molecule has 0 aliphatic carbocycles. The van der Waals surface area contributed by atoms with Crippen LogP contribution in [-0.4, -0.2) is 31.2 Å². The number of oxazole rings is 1. The second kappa shape index (κ2) is 4.68. The Hall–Kier alpha value is -1.72. The lowest BCUT2D eigenvalue weighted by atomic mass is 10.4. The Balaban J connectivity index is 2.95. The van der Waals surface area contributed by atoms with Gasteiger partial charge in [0.1, 0.15) is 0 Å². The summed E-state index contributed by atoms with van der Waals surface area (Å²) in [6, 6.07) is 0. The van der Waals surface area contributed by atoms with Gasteiger partial charge in [-0.25, -0.2) is 0 Å². The van der Waals surface area contributed by atoms with Gasteiger partial charge in [-0.1, -0.05) is 0 Å². The molecule has 0 radical (unpaired) electrons. The molecule has 0 spiro atoms. The number of nitrogens with one attached hydrogen (secondary N) is 1. The van der Waals surface area contributed by atoms with Gasteiger partial charge >= 0.3 is 6.08 Å². The third-order valence-corrected chi connectivity index (χ3v) is 1.54. The molecular weight excluding hydrogens is 200 g/mol. The van der Waals surface area contributed by atoms with Crippen molar-refractivity contribution in [3.63, 3.8) is 0 Å². The molecule has 0 atom stereocenters. The minimum absolute atomic E-state index is 0.00986. The molecule has 1 aromatic rings. The van der Waals surface area contributed by atoms with Crippen molar-refractivity contribution in [2.75, 3.05) is 14.2 Å². The predicted octanol–water partition coefficient (Wildman–Crippen LogP) is 0.830. The summed E-state index contributed by atoms with van der Waals surface area (Å²) >= 11 is 0. The fraction of sp³-hybridized carbons (Fsp3) is 0.556. The van der Waals surface area contributed by atoms with E-state index in [-0.39, 0.29) is 23.8 Å². The fourth-order valence-electron chi connectivity index (χ4n) is 0.935. The van der Waals surface area contributed by atoms with Crippen LogP contribution in [0.2, 0.25) is 0 Å². The maximum absolute atomic E-state index is 11.3. The molecule has 0 aliphatic heterocycles. The maximum atomic E-state index is 11.3. The Kier molecular flexibility index (Phi) is 3.54. The van der Waals surface area contributed by atoms with E-state index in [1.165, 1.54) is 14.2 Å². The van der Waals surface area contributed by atoms with E-state index < -0.39 is 5.91 Å². The predicted molar refractivity (Wildman–Crippen MR) is 52.2 cm³/mol. The minimum atomic E-state index is -0.405. The largest absolute Gasteiger partial charge is 0.478 e. The summed E-state index contributed by atoms with van der Waals surface area (Å²) in [5.74, 6) is -0.279. The van der Waals surface area contributed by atoms with E-state index in [9.17, 15) is 4.79 Å². The van der Waals surface area contributed by atoms with Crippen LogP contribution in [0.3, 0.4) is 0 Å². The summed E-state index contributed by atoms with van der Waals surface area (Å²) in [7, 11) is 2.90. The molecule has 0 bridgehead atoms. The smallest absolute Gasteiger partial charge is 0.398 e. The van der Waals surface area contributed by atoms with E-state index in [1.807, 2.05) is 13.8 Å². The summed E-state index contributed by atoms with van der Waals surface area (Å²) in [5.41, 5.74) is 0. The zero-order chi connectivity index (χ0) is 11.4. The number of hydrogen-bond acceptors (Lipinski definition) is 5.